The first-order chi connectivity index (χ1) is 17.4. The van der Waals surface area contributed by atoms with E-state index in [4.69, 9.17) is 10.2 Å². The van der Waals surface area contributed by atoms with Crippen molar-refractivity contribution < 1.29 is 4.79 Å². The number of hydrogen-bond acceptors (Lipinski definition) is 7. The molecule has 5 rings (SSSR count). The third kappa shape index (κ3) is 4.77. The van der Waals surface area contributed by atoms with Gasteiger partial charge >= 0.3 is 0 Å². The second kappa shape index (κ2) is 9.77. The van der Waals surface area contributed by atoms with Crippen LogP contribution in [-0.2, 0) is 4.79 Å². The molecule has 0 bridgehead atoms. The van der Waals surface area contributed by atoms with Gasteiger partial charge in [-0.2, -0.15) is 10.4 Å². The number of carbonyl (C=O) groups is 1. The van der Waals surface area contributed by atoms with Gasteiger partial charge in [0.15, 0.2) is 0 Å². The maximum Gasteiger partial charge on any atom is 0.217 e. The summed E-state index contributed by atoms with van der Waals surface area (Å²) in [4.78, 5) is 16.1. The number of nitrogens with one attached hydrogen (secondary N) is 2. The lowest BCUT2D eigenvalue weighted by atomic mass is 9.84. The van der Waals surface area contributed by atoms with Gasteiger partial charge in [-0.1, -0.05) is 5.21 Å². The number of pyridine rings is 1. The van der Waals surface area contributed by atoms with Crippen LogP contribution in [0, 0.1) is 11.3 Å². The first kappa shape index (κ1) is 23.5. The van der Waals surface area contributed by atoms with E-state index in [-0.39, 0.29) is 18.0 Å². The topological polar surface area (TPSA) is 126 Å². The van der Waals surface area contributed by atoms with Crippen LogP contribution in [0.25, 0.3) is 22.6 Å². The zero-order chi connectivity index (χ0) is 25.2. The molecule has 4 heterocycles. The lowest BCUT2D eigenvalue weighted by Gasteiger charge is -2.27. The molecule has 0 unspecified atom stereocenters. The van der Waals surface area contributed by atoms with E-state index < -0.39 is 0 Å². The normalized spacial score (nSPS) is 17.8. The van der Waals surface area contributed by atoms with Crippen LogP contribution in [0.3, 0.4) is 0 Å². The van der Waals surface area contributed by atoms with E-state index in [9.17, 15) is 4.79 Å². The number of rotatable bonds is 6. The van der Waals surface area contributed by atoms with Gasteiger partial charge < -0.3 is 10.6 Å². The molecule has 10 nitrogen and oxygen atoms in total. The van der Waals surface area contributed by atoms with E-state index in [2.05, 4.69) is 46.0 Å². The zero-order valence-corrected chi connectivity index (χ0v) is 20.6. The molecule has 2 N–H and O–H groups in total. The third-order valence-corrected chi connectivity index (χ3v) is 6.53. The summed E-state index contributed by atoms with van der Waals surface area (Å²) >= 11 is 0. The summed E-state index contributed by atoms with van der Waals surface area (Å²) in [5.74, 6) is 0.357. The molecular weight excluding hydrogens is 454 g/mol. The minimum absolute atomic E-state index is 0.0290. The molecule has 1 amide bonds. The van der Waals surface area contributed by atoms with Gasteiger partial charge in [0.05, 0.1) is 52.4 Å². The maximum absolute atomic E-state index is 11.4. The molecule has 1 saturated carbocycles. The second-order valence-corrected chi connectivity index (χ2v) is 9.63. The molecule has 0 aromatic carbocycles. The summed E-state index contributed by atoms with van der Waals surface area (Å²) in [5, 5.41) is 29.0. The van der Waals surface area contributed by atoms with Crippen LogP contribution in [0.2, 0.25) is 0 Å². The summed E-state index contributed by atoms with van der Waals surface area (Å²) in [6.07, 6.45) is 9.18. The minimum atomic E-state index is 0.0290. The summed E-state index contributed by atoms with van der Waals surface area (Å²) in [6, 6.07) is 10.3. The monoisotopic (exact) mass is 483 g/mol. The van der Waals surface area contributed by atoms with Crippen molar-refractivity contribution in [3.63, 3.8) is 0 Å². The fourth-order valence-electron chi connectivity index (χ4n) is 4.85. The molecule has 0 aliphatic heterocycles. The molecule has 1 fully saturated rings. The quantitative estimate of drug-likeness (QED) is 0.427. The summed E-state index contributed by atoms with van der Waals surface area (Å²) < 4.78 is 3.57. The molecule has 0 spiro atoms. The number of amides is 1. The number of nitrogens with zero attached hydrogens (tertiary/aromatic N) is 7. The van der Waals surface area contributed by atoms with Gasteiger partial charge in [0.25, 0.3) is 0 Å². The van der Waals surface area contributed by atoms with E-state index in [1.54, 1.807) is 34.6 Å². The lowest BCUT2D eigenvalue weighted by Crippen LogP contribution is -2.35. The number of carbonyl (C=O) groups excluding carboxylic acids is 1. The third-order valence-electron chi connectivity index (χ3n) is 6.53. The predicted molar refractivity (Wildman–Crippen MR) is 136 cm³/mol. The Morgan fingerprint density at radius 3 is 2.69 bits per heavy atom. The highest BCUT2D eigenvalue weighted by Gasteiger charge is 2.25. The van der Waals surface area contributed by atoms with Crippen molar-refractivity contribution in [3.05, 3.63) is 54.1 Å². The SMILES string of the molecule is CC(=O)NC1CCC(c2cn(-c3cnc(-c4ccc5cc(C#N)cnn45)cc3NC(C)C)nn2)CC1. The number of hydrogen-bond donors (Lipinski definition) is 2. The standard InChI is InChI=1S/C26H29N9O/c1-16(2)30-23-11-22(25-9-8-21-10-18(12-27)13-29-35(21)25)28-14-26(23)34-15-24(32-33-34)19-4-6-20(7-5-19)31-17(3)36/h8-11,13-16,19-20H,4-7H2,1-3H3,(H,28,30)(H,31,36). The highest BCUT2D eigenvalue weighted by molar-refractivity contribution is 5.73. The Morgan fingerprint density at radius 1 is 1.17 bits per heavy atom. The molecule has 1 aliphatic carbocycles. The molecule has 0 atom stereocenters. The van der Waals surface area contributed by atoms with Crippen molar-refractivity contribution in [2.45, 2.75) is 64.5 Å². The van der Waals surface area contributed by atoms with Gasteiger partial charge in [-0.25, -0.2) is 9.20 Å². The molecule has 10 heteroatoms. The van der Waals surface area contributed by atoms with Gasteiger partial charge in [-0.05, 0) is 63.8 Å². The lowest BCUT2D eigenvalue weighted by molar-refractivity contribution is -0.119. The van der Waals surface area contributed by atoms with Crippen LogP contribution < -0.4 is 10.6 Å². The Kier molecular flexibility index (Phi) is 6.38. The van der Waals surface area contributed by atoms with Crippen molar-refractivity contribution in [3.8, 4) is 23.1 Å². The van der Waals surface area contributed by atoms with Crippen LogP contribution in [0.15, 0.2) is 42.9 Å². The van der Waals surface area contributed by atoms with Crippen molar-refractivity contribution in [2.75, 3.05) is 5.32 Å². The molecule has 1 aliphatic rings. The van der Waals surface area contributed by atoms with Gasteiger partial charge in [0.1, 0.15) is 11.8 Å². The highest BCUT2D eigenvalue weighted by atomic mass is 16.1. The van der Waals surface area contributed by atoms with E-state index in [0.29, 0.717) is 11.5 Å². The zero-order valence-electron chi connectivity index (χ0n) is 20.6. The minimum Gasteiger partial charge on any atom is -0.381 e. The molecule has 4 aromatic rings. The maximum atomic E-state index is 11.4. The van der Waals surface area contributed by atoms with Gasteiger partial charge in [-0.15, -0.1) is 5.10 Å². The van der Waals surface area contributed by atoms with Crippen LogP contribution in [0.4, 0.5) is 5.69 Å². The average Bonchev–Trinajstić information content (AvgIpc) is 3.51. The largest absolute Gasteiger partial charge is 0.381 e. The fourth-order valence-corrected chi connectivity index (χ4v) is 4.85. The number of nitriles is 1. The highest BCUT2D eigenvalue weighted by Crippen LogP contribution is 2.33. The van der Waals surface area contributed by atoms with E-state index in [1.165, 1.54) is 0 Å². The summed E-state index contributed by atoms with van der Waals surface area (Å²) in [6.45, 7) is 5.74. The average molecular weight is 484 g/mol. The summed E-state index contributed by atoms with van der Waals surface area (Å²) in [5.41, 5.74) is 5.62. The first-order valence-corrected chi connectivity index (χ1v) is 12.3. The van der Waals surface area contributed by atoms with Gasteiger partial charge in [-0.3, -0.25) is 9.78 Å². The molecule has 4 aromatic heterocycles. The van der Waals surface area contributed by atoms with Crippen LogP contribution in [0.1, 0.15) is 63.6 Å². The van der Waals surface area contributed by atoms with E-state index in [0.717, 1.165) is 59.7 Å². The van der Waals surface area contributed by atoms with Crippen molar-refractivity contribution in [1.29, 1.82) is 5.26 Å². The van der Waals surface area contributed by atoms with Gasteiger partial charge in [0.2, 0.25) is 5.91 Å². The Bertz CT molecular complexity index is 1440. The second-order valence-electron chi connectivity index (χ2n) is 9.63. The Labute approximate surface area is 209 Å². The Morgan fingerprint density at radius 2 is 1.97 bits per heavy atom. The molecule has 0 radical (unpaired) electrons. The first-order valence-electron chi connectivity index (χ1n) is 12.3. The van der Waals surface area contributed by atoms with Crippen LogP contribution in [0.5, 0.6) is 0 Å². The van der Waals surface area contributed by atoms with Crippen molar-refractivity contribution >= 4 is 17.1 Å². The van der Waals surface area contributed by atoms with Gasteiger partial charge in [0, 0.05) is 24.9 Å². The molecular formula is C26H29N9O. The Hall–Kier alpha value is -4.26. The number of aromatic nitrogens is 6. The Balaban J connectivity index is 1.42. The van der Waals surface area contributed by atoms with Crippen LogP contribution in [-0.4, -0.2) is 47.6 Å². The van der Waals surface area contributed by atoms with Crippen LogP contribution >= 0.6 is 0 Å². The van der Waals surface area contributed by atoms with E-state index >= 15 is 0 Å². The van der Waals surface area contributed by atoms with Crippen molar-refractivity contribution in [2.24, 2.45) is 0 Å². The van der Waals surface area contributed by atoms with E-state index in [1.807, 2.05) is 24.4 Å². The fraction of sp³-hybridized carbons (Fsp3) is 0.385. The number of anilines is 1. The molecule has 36 heavy (non-hydrogen) atoms. The summed E-state index contributed by atoms with van der Waals surface area (Å²) in [7, 11) is 0. The predicted octanol–water partition coefficient (Wildman–Crippen LogP) is 3.83. The van der Waals surface area contributed by atoms with Crippen molar-refractivity contribution in [1.82, 2.24) is 34.9 Å². The molecule has 184 valence electrons. The number of fused-ring (bicyclic) bond motifs is 1. The molecule has 0 saturated heterocycles. The smallest absolute Gasteiger partial charge is 0.217 e.